The Balaban J connectivity index is 0.000000646. The lowest BCUT2D eigenvalue weighted by atomic mass is 9.97. The zero-order chi connectivity index (χ0) is 31.7. The topological polar surface area (TPSA) is 156 Å². The number of hydrogen-bond acceptors (Lipinski definition) is 10. The van der Waals surface area contributed by atoms with E-state index in [9.17, 15) is 22.8 Å². The molecule has 10 nitrogen and oxygen atoms in total. The van der Waals surface area contributed by atoms with Crippen LogP contribution in [-0.2, 0) is 19.1 Å². The van der Waals surface area contributed by atoms with Crippen LogP contribution in [0.15, 0.2) is 39.9 Å². The van der Waals surface area contributed by atoms with Crippen LogP contribution in [0.1, 0.15) is 24.6 Å². The van der Waals surface area contributed by atoms with Crippen molar-refractivity contribution in [3.63, 3.8) is 0 Å². The van der Waals surface area contributed by atoms with Crippen molar-refractivity contribution in [3.05, 3.63) is 40.6 Å². The number of carboxylic acids is 1. The highest BCUT2D eigenvalue weighted by Crippen LogP contribution is 2.40. The minimum atomic E-state index is -5.08. The number of thiophene rings is 1. The van der Waals surface area contributed by atoms with Gasteiger partial charge in [0, 0.05) is 29.6 Å². The predicted molar refractivity (Wildman–Crippen MR) is 159 cm³/mol. The number of thiazole rings is 1. The van der Waals surface area contributed by atoms with Crippen molar-refractivity contribution in [2.24, 2.45) is 11.7 Å². The number of aliphatic carboxylic acids is 1. The van der Waals surface area contributed by atoms with Gasteiger partial charge in [-0.25, -0.2) is 9.78 Å². The van der Waals surface area contributed by atoms with Crippen molar-refractivity contribution >= 4 is 58.1 Å². The Labute approximate surface area is 257 Å². The van der Waals surface area contributed by atoms with Gasteiger partial charge in [-0.3, -0.25) is 15.0 Å². The summed E-state index contributed by atoms with van der Waals surface area (Å²) in [5, 5.41) is 17.7. The van der Waals surface area contributed by atoms with Gasteiger partial charge in [0.15, 0.2) is 6.61 Å². The van der Waals surface area contributed by atoms with Gasteiger partial charge in [-0.2, -0.15) is 13.2 Å². The average molecular weight is 659 g/mol. The van der Waals surface area contributed by atoms with Gasteiger partial charge in [0.05, 0.1) is 27.3 Å². The number of esters is 1. The Bertz CT molecular complexity index is 1450. The van der Waals surface area contributed by atoms with Crippen LogP contribution in [0.2, 0.25) is 0 Å². The Hall–Kier alpha value is -3.63. The first-order valence-electron chi connectivity index (χ1n) is 12.8. The third-order valence-corrected chi connectivity index (χ3v) is 9.26. The van der Waals surface area contributed by atoms with E-state index in [1.165, 1.54) is 22.7 Å². The number of alkyl halides is 3. The number of amidine groups is 1. The summed E-state index contributed by atoms with van der Waals surface area (Å²) in [7, 11) is 0. The molecule has 3 aromatic rings. The number of benzene rings is 1. The summed E-state index contributed by atoms with van der Waals surface area (Å²) >= 11 is 4.65. The molecule has 0 unspecified atom stereocenters. The van der Waals surface area contributed by atoms with Crippen LogP contribution in [0.3, 0.4) is 0 Å². The monoisotopic (exact) mass is 658 g/mol. The molecule has 4 rings (SSSR count). The summed E-state index contributed by atoms with van der Waals surface area (Å²) < 4.78 is 43.7. The summed E-state index contributed by atoms with van der Waals surface area (Å²) in [6.45, 7) is 3.17. The molecule has 3 heterocycles. The second-order valence-corrected chi connectivity index (χ2v) is 12.0. The third kappa shape index (κ3) is 9.43. The van der Waals surface area contributed by atoms with Gasteiger partial charge in [-0.1, -0.05) is 12.1 Å². The molecule has 1 aromatic carbocycles. The fraction of sp³-hybridized carbons (Fsp3) is 0.370. The van der Waals surface area contributed by atoms with E-state index in [-0.39, 0.29) is 30.2 Å². The number of hydrogen-bond donors (Lipinski definition) is 3. The quantitative estimate of drug-likeness (QED) is 0.119. The molecule has 1 amide bonds. The maximum Gasteiger partial charge on any atom is 0.490 e. The van der Waals surface area contributed by atoms with Crippen molar-refractivity contribution in [3.8, 4) is 27.6 Å². The molecule has 1 aliphatic heterocycles. The molecule has 43 heavy (non-hydrogen) atoms. The van der Waals surface area contributed by atoms with Gasteiger partial charge in [0.1, 0.15) is 16.6 Å². The Morgan fingerprint density at radius 3 is 2.49 bits per heavy atom. The smallest absolute Gasteiger partial charge is 0.484 e. The fourth-order valence-electron chi connectivity index (χ4n) is 3.94. The molecule has 2 aromatic heterocycles. The number of nitrogens with zero attached hydrogens (tertiary/aromatic N) is 2. The van der Waals surface area contributed by atoms with Crippen LogP contribution in [-0.4, -0.2) is 77.4 Å². The minimum absolute atomic E-state index is 0.0566. The molecule has 1 aliphatic rings. The Morgan fingerprint density at radius 2 is 1.91 bits per heavy atom. The first-order valence-corrected chi connectivity index (χ1v) is 15.7. The van der Waals surface area contributed by atoms with Gasteiger partial charge in [-0.15, -0.1) is 34.4 Å². The van der Waals surface area contributed by atoms with Crippen molar-refractivity contribution in [1.29, 1.82) is 5.41 Å². The first-order chi connectivity index (χ1) is 20.3. The number of carbonyl (C=O) groups is 3. The number of rotatable bonds is 9. The van der Waals surface area contributed by atoms with E-state index in [2.05, 4.69) is 0 Å². The number of ether oxygens (including phenoxy) is 2. The van der Waals surface area contributed by atoms with Gasteiger partial charge in [0.25, 0.3) is 5.91 Å². The number of carboxylic acid groups (broad SMARTS) is 1. The molecule has 1 fully saturated rings. The summed E-state index contributed by atoms with van der Waals surface area (Å²) in [5.41, 5.74) is 8.37. The normalized spacial score (nSPS) is 13.6. The van der Waals surface area contributed by atoms with Crippen molar-refractivity contribution in [1.82, 2.24) is 9.88 Å². The average Bonchev–Trinajstić information content (AvgIpc) is 3.64. The molecule has 0 atom stereocenters. The van der Waals surface area contributed by atoms with Gasteiger partial charge in [0.2, 0.25) is 0 Å². The van der Waals surface area contributed by atoms with Crippen molar-refractivity contribution in [2.75, 3.05) is 32.6 Å². The Kier molecular flexibility index (Phi) is 12.0. The minimum Gasteiger partial charge on any atom is -0.484 e. The molecule has 0 aliphatic carbocycles. The highest BCUT2D eigenvalue weighted by Gasteiger charge is 2.38. The van der Waals surface area contributed by atoms with Gasteiger partial charge >= 0.3 is 18.1 Å². The summed E-state index contributed by atoms with van der Waals surface area (Å²) in [4.78, 5) is 40.7. The van der Waals surface area contributed by atoms with Crippen molar-refractivity contribution in [2.45, 2.75) is 30.2 Å². The zero-order valence-electron chi connectivity index (χ0n) is 23.1. The highest BCUT2D eigenvalue weighted by atomic mass is 32.2. The fourth-order valence-corrected chi connectivity index (χ4v) is 6.65. The lowest BCUT2D eigenvalue weighted by molar-refractivity contribution is -0.192. The predicted octanol–water partition coefficient (Wildman–Crippen LogP) is 5.36. The summed E-state index contributed by atoms with van der Waals surface area (Å²) in [6.07, 6.45) is -1.86. The molecular formula is C27H29F3N4O6S3. The van der Waals surface area contributed by atoms with E-state index in [4.69, 9.17) is 35.5 Å². The number of amides is 1. The number of nitrogen functional groups attached to an aromatic ring is 1. The maximum absolute atomic E-state index is 12.6. The SMILES string of the molecule is CCOC(=O)C1CCN(C(=O)COc2cccc(-c3csc(-c4cc(C(=N)N)sc4SC)n3)c2)CC1.O=C(O)C(F)(F)F. The number of likely N-dealkylation sites (tertiary alicyclic amines) is 1. The highest BCUT2D eigenvalue weighted by molar-refractivity contribution is 8.00. The van der Waals surface area contributed by atoms with E-state index >= 15 is 0 Å². The van der Waals surface area contributed by atoms with Crippen LogP contribution in [0.5, 0.6) is 5.75 Å². The number of nitrogens with two attached hydrogens (primary N) is 1. The maximum atomic E-state index is 12.6. The van der Waals surface area contributed by atoms with E-state index in [0.29, 0.717) is 38.3 Å². The third-order valence-electron chi connectivity index (χ3n) is 6.09. The number of nitrogens with one attached hydrogen (secondary N) is 1. The van der Waals surface area contributed by atoms with E-state index in [1.54, 1.807) is 23.6 Å². The van der Waals surface area contributed by atoms with E-state index in [0.717, 1.165) is 30.9 Å². The van der Waals surface area contributed by atoms with Crippen LogP contribution in [0, 0.1) is 11.3 Å². The molecule has 0 spiro atoms. The molecule has 0 radical (unpaired) electrons. The van der Waals surface area contributed by atoms with Crippen molar-refractivity contribution < 1.29 is 42.1 Å². The first kappa shape index (κ1) is 33.9. The number of aromatic nitrogens is 1. The summed E-state index contributed by atoms with van der Waals surface area (Å²) in [5.74, 6) is -2.51. The molecule has 0 bridgehead atoms. The van der Waals surface area contributed by atoms with Crippen LogP contribution < -0.4 is 10.5 Å². The van der Waals surface area contributed by atoms with E-state index in [1.807, 2.05) is 42.0 Å². The number of carbonyl (C=O) groups excluding carboxylic acids is 2. The molecule has 16 heteroatoms. The summed E-state index contributed by atoms with van der Waals surface area (Å²) in [6, 6.07) is 9.45. The molecule has 4 N–H and O–H groups in total. The lowest BCUT2D eigenvalue weighted by Crippen LogP contribution is -2.42. The molecule has 1 saturated heterocycles. The standard InChI is InChI=1S/C25H28N4O4S3.C2HF3O2/c1-3-32-24(31)15-7-9-29(10-8-15)21(30)13-33-17-6-4-5-16(11-17)19-14-35-23(28-19)18-12-20(22(26)27)36-25(18)34-2;3-2(4,5)1(6)7/h4-6,11-12,14-15H,3,7-10,13H2,1-2H3,(H3,26,27);(H,6,7). The number of thioether (sulfide) groups is 1. The van der Waals surface area contributed by atoms with Crippen LogP contribution >= 0.6 is 34.4 Å². The van der Waals surface area contributed by atoms with Gasteiger partial charge in [-0.05, 0) is 44.2 Å². The second kappa shape index (κ2) is 15.2. The lowest BCUT2D eigenvalue weighted by Gasteiger charge is -2.30. The number of halogens is 3. The zero-order valence-corrected chi connectivity index (χ0v) is 25.6. The Morgan fingerprint density at radius 1 is 1.23 bits per heavy atom. The molecule has 232 valence electrons. The van der Waals surface area contributed by atoms with Gasteiger partial charge < -0.3 is 25.2 Å². The largest absolute Gasteiger partial charge is 0.490 e. The number of piperidine rings is 1. The molecule has 0 saturated carbocycles. The second-order valence-electron chi connectivity index (χ2n) is 8.99. The molecular weight excluding hydrogens is 630 g/mol. The van der Waals surface area contributed by atoms with E-state index < -0.39 is 12.1 Å². The van der Waals surface area contributed by atoms with Crippen LogP contribution in [0.25, 0.3) is 21.8 Å². The van der Waals surface area contributed by atoms with Crippen LogP contribution in [0.4, 0.5) is 13.2 Å².